The molecular formula is C13H21N3O4. The normalized spacial score (nSPS) is 25.9. The van der Waals surface area contributed by atoms with Crippen LogP contribution < -0.4 is 5.32 Å². The van der Waals surface area contributed by atoms with Crippen LogP contribution in [-0.2, 0) is 9.59 Å². The summed E-state index contributed by atoms with van der Waals surface area (Å²) < 4.78 is 0. The van der Waals surface area contributed by atoms with E-state index >= 15 is 0 Å². The van der Waals surface area contributed by atoms with Gasteiger partial charge in [-0.15, -0.1) is 0 Å². The number of carbonyl (C=O) groups excluding carboxylic acids is 2. The maximum absolute atomic E-state index is 12.4. The zero-order chi connectivity index (χ0) is 14.7. The van der Waals surface area contributed by atoms with Gasteiger partial charge in [0.1, 0.15) is 0 Å². The molecule has 2 N–H and O–H groups in total. The average molecular weight is 283 g/mol. The van der Waals surface area contributed by atoms with Gasteiger partial charge < -0.3 is 20.2 Å². The molecule has 2 unspecified atom stereocenters. The monoisotopic (exact) mass is 283 g/mol. The summed E-state index contributed by atoms with van der Waals surface area (Å²) in [5, 5.41) is 11.7. The van der Waals surface area contributed by atoms with E-state index in [1.165, 1.54) is 6.92 Å². The van der Waals surface area contributed by atoms with E-state index in [1.807, 2.05) is 0 Å². The number of nitrogens with zero attached hydrogens (tertiary/aromatic N) is 2. The second-order valence-electron chi connectivity index (χ2n) is 5.50. The fourth-order valence-corrected chi connectivity index (χ4v) is 3.02. The highest BCUT2D eigenvalue weighted by molar-refractivity contribution is 5.77. The predicted octanol–water partition coefficient (Wildman–Crippen LogP) is 0.256. The van der Waals surface area contributed by atoms with Crippen molar-refractivity contribution in [3.8, 4) is 0 Å². The van der Waals surface area contributed by atoms with Crippen LogP contribution in [-0.4, -0.2) is 64.5 Å². The third kappa shape index (κ3) is 3.40. The van der Waals surface area contributed by atoms with Crippen LogP contribution in [0.25, 0.3) is 0 Å². The van der Waals surface area contributed by atoms with E-state index in [0.29, 0.717) is 19.6 Å². The van der Waals surface area contributed by atoms with Crippen LogP contribution in [0, 0.1) is 0 Å². The molecule has 2 rings (SSSR count). The first kappa shape index (κ1) is 14.6. The molecule has 0 bridgehead atoms. The second kappa shape index (κ2) is 6.11. The Morgan fingerprint density at radius 1 is 1.25 bits per heavy atom. The molecule has 0 aromatic heterocycles. The van der Waals surface area contributed by atoms with Crippen LogP contribution in [0.3, 0.4) is 0 Å². The van der Waals surface area contributed by atoms with Crippen molar-refractivity contribution in [2.45, 2.75) is 44.7 Å². The maximum atomic E-state index is 12.4. The minimum atomic E-state index is -0.868. The lowest BCUT2D eigenvalue weighted by atomic mass is 10.1. The van der Waals surface area contributed by atoms with E-state index in [2.05, 4.69) is 5.32 Å². The Hall–Kier alpha value is -1.79. The van der Waals surface area contributed by atoms with Crippen molar-refractivity contribution in [2.24, 2.45) is 0 Å². The smallest absolute Gasteiger partial charge is 0.320 e. The zero-order valence-electron chi connectivity index (χ0n) is 11.7. The summed E-state index contributed by atoms with van der Waals surface area (Å²) in [6.07, 6.45) is 2.37. The number of hydrogen-bond acceptors (Lipinski definition) is 3. The van der Waals surface area contributed by atoms with Crippen molar-refractivity contribution >= 4 is 17.9 Å². The lowest BCUT2D eigenvalue weighted by Crippen LogP contribution is -2.46. The lowest BCUT2D eigenvalue weighted by Gasteiger charge is -2.28. The molecule has 0 spiro atoms. The second-order valence-corrected chi connectivity index (χ2v) is 5.50. The molecule has 2 atom stereocenters. The van der Waals surface area contributed by atoms with Crippen LogP contribution in [0.15, 0.2) is 0 Å². The SMILES string of the molecule is CC(=O)NC1CCN(C(=O)N2CCCC2CC(=O)O)C1. The van der Waals surface area contributed by atoms with Gasteiger partial charge in [-0.05, 0) is 19.3 Å². The number of carboxylic acid groups (broad SMARTS) is 1. The van der Waals surface area contributed by atoms with Gasteiger partial charge >= 0.3 is 12.0 Å². The molecule has 2 saturated heterocycles. The van der Waals surface area contributed by atoms with Crippen LogP contribution in [0.2, 0.25) is 0 Å². The van der Waals surface area contributed by atoms with Gasteiger partial charge in [-0.2, -0.15) is 0 Å². The minimum absolute atomic E-state index is 0.00864. The van der Waals surface area contributed by atoms with E-state index in [1.54, 1.807) is 9.80 Å². The molecule has 3 amide bonds. The van der Waals surface area contributed by atoms with E-state index in [-0.39, 0.29) is 30.4 Å². The van der Waals surface area contributed by atoms with Crippen LogP contribution in [0.1, 0.15) is 32.6 Å². The molecule has 0 aromatic rings. The quantitative estimate of drug-likeness (QED) is 0.777. The Morgan fingerprint density at radius 2 is 2.00 bits per heavy atom. The van der Waals surface area contributed by atoms with Gasteiger partial charge in [-0.25, -0.2) is 4.79 Å². The number of carboxylic acids is 1. The van der Waals surface area contributed by atoms with Crippen LogP contribution in [0.4, 0.5) is 4.79 Å². The Labute approximate surface area is 117 Å². The molecule has 7 heteroatoms. The summed E-state index contributed by atoms with van der Waals surface area (Å²) in [4.78, 5) is 37.6. The van der Waals surface area contributed by atoms with Crippen molar-refractivity contribution in [3.05, 3.63) is 0 Å². The van der Waals surface area contributed by atoms with E-state index < -0.39 is 5.97 Å². The Kier molecular flexibility index (Phi) is 4.46. The summed E-state index contributed by atoms with van der Waals surface area (Å²) in [5.74, 6) is -0.957. The molecule has 0 aliphatic carbocycles. The number of likely N-dealkylation sites (tertiary alicyclic amines) is 2. The van der Waals surface area contributed by atoms with Crippen molar-refractivity contribution in [2.75, 3.05) is 19.6 Å². The van der Waals surface area contributed by atoms with Crippen LogP contribution in [0.5, 0.6) is 0 Å². The van der Waals surface area contributed by atoms with Gasteiger partial charge in [0.15, 0.2) is 0 Å². The summed E-state index contributed by atoms with van der Waals surface area (Å²) in [6, 6.07) is -0.279. The van der Waals surface area contributed by atoms with Gasteiger partial charge in [0.25, 0.3) is 0 Å². The maximum Gasteiger partial charge on any atom is 0.320 e. The Bertz CT molecular complexity index is 412. The molecule has 20 heavy (non-hydrogen) atoms. The molecule has 0 radical (unpaired) electrons. The molecule has 2 aliphatic heterocycles. The average Bonchev–Trinajstić information content (AvgIpc) is 2.96. The highest BCUT2D eigenvalue weighted by atomic mass is 16.4. The summed E-state index contributed by atoms with van der Waals surface area (Å²) in [7, 11) is 0. The molecular weight excluding hydrogens is 262 g/mol. The molecule has 112 valence electrons. The van der Waals surface area contributed by atoms with Crippen molar-refractivity contribution in [1.29, 1.82) is 0 Å². The van der Waals surface area contributed by atoms with E-state index in [0.717, 1.165) is 19.3 Å². The number of carbonyl (C=O) groups is 3. The molecule has 7 nitrogen and oxygen atoms in total. The molecule has 2 heterocycles. The first-order valence-electron chi connectivity index (χ1n) is 7.02. The standard InChI is InChI=1S/C13H21N3O4/c1-9(17)14-10-4-6-15(8-10)13(20)16-5-2-3-11(16)7-12(18)19/h10-11H,2-8H2,1H3,(H,14,17)(H,18,19). The number of hydrogen-bond donors (Lipinski definition) is 2. The minimum Gasteiger partial charge on any atom is -0.481 e. The third-order valence-corrected chi connectivity index (χ3v) is 3.90. The molecule has 0 aromatic carbocycles. The largest absolute Gasteiger partial charge is 0.481 e. The van der Waals surface area contributed by atoms with Gasteiger partial charge in [0.05, 0.1) is 6.42 Å². The van der Waals surface area contributed by atoms with E-state index in [4.69, 9.17) is 5.11 Å². The number of aliphatic carboxylic acids is 1. The van der Waals surface area contributed by atoms with Crippen molar-refractivity contribution in [1.82, 2.24) is 15.1 Å². The summed E-state index contributed by atoms with van der Waals surface area (Å²) in [5.41, 5.74) is 0. The number of amides is 3. The predicted molar refractivity (Wildman–Crippen MR) is 71.2 cm³/mol. The van der Waals surface area contributed by atoms with E-state index in [9.17, 15) is 14.4 Å². The Balaban J connectivity index is 1.91. The number of rotatable bonds is 3. The van der Waals surface area contributed by atoms with Crippen molar-refractivity contribution in [3.63, 3.8) is 0 Å². The van der Waals surface area contributed by atoms with Gasteiger partial charge in [-0.1, -0.05) is 0 Å². The molecule has 2 fully saturated rings. The van der Waals surface area contributed by atoms with Crippen molar-refractivity contribution < 1.29 is 19.5 Å². The fraction of sp³-hybridized carbons (Fsp3) is 0.769. The lowest BCUT2D eigenvalue weighted by molar-refractivity contribution is -0.138. The molecule has 0 saturated carbocycles. The zero-order valence-corrected chi connectivity index (χ0v) is 11.7. The topological polar surface area (TPSA) is 90.0 Å². The molecule has 2 aliphatic rings. The first-order chi connectivity index (χ1) is 9.47. The number of urea groups is 1. The van der Waals surface area contributed by atoms with Gasteiger partial charge in [0.2, 0.25) is 5.91 Å². The highest BCUT2D eigenvalue weighted by Gasteiger charge is 2.35. The van der Waals surface area contributed by atoms with Crippen LogP contribution >= 0.6 is 0 Å². The first-order valence-corrected chi connectivity index (χ1v) is 7.02. The van der Waals surface area contributed by atoms with Gasteiger partial charge in [-0.3, -0.25) is 9.59 Å². The number of nitrogens with one attached hydrogen (secondary N) is 1. The van der Waals surface area contributed by atoms with Gasteiger partial charge in [0, 0.05) is 38.6 Å². The summed E-state index contributed by atoms with van der Waals surface area (Å²) in [6.45, 7) is 3.21. The highest BCUT2D eigenvalue weighted by Crippen LogP contribution is 2.23. The fourth-order valence-electron chi connectivity index (χ4n) is 3.02. The Morgan fingerprint density at radius 3 is 2.65 bits per heavy atom. The third-order valence-electron chi connectivity index (χ3n) is 3.90. The summed E-state index contributed by atoms with van der Waals surface area (Å²) >= 11 is 0.